The summed E-state index contributed by atoms with van der Waals surface area (Å²) in [5.41, 5.74) is 0.177. The van der Waals surface area contributed by atoms with Crippen LogP contribution in [0.2, 0.25) is 0 Å². The molecule has 2 aromatic rings. The fraction of sp³-hybridized carbons (Fsp3) is 0.100. The highest BCUT2D eigenvalue weighted by molar-refractivity contribution is 7.91. The van der Waals surface area contributed by atoms with Crippen molar-refractivity contribution < 1.29 is 17.6 Å². The molecule has 0 aliphatic heterocycles. The molecule has 2 heterocycles. The molecule has 2 aromatic heterocycles. The maximum absolute atomic E-state index is 12.7. The number of aryl methyl sites for hydroxylation is 1. The Hall–Kier alpha value is -1.91. The fourth-order valence-electron chi connectivity index (χ4n) is 1.37. The van der Waals surface area contributed by atoms with E-state index in [4.69, 9.17) is 5.14 Å². The normalized spacial score (nSPS) is 11.3. The number of nitrogens with zero attached hydrogens (tertiary/aromatic N) is 2. The smallest absolute Gasteiger partial charge is 0.276 e. The summed E-state index contributed by atoms with van der Waals surface area (Å²) in [6, 6.07) is 2.29. The molecule has 0 radical (unpaired) electrons. The molecule has 0 atom stereocenters. The zero-order valence-corrected chi connectivity index (χ0v) is 11.8. The van der Waals surface area contributed by atoms with Crippen LogP contribution < -0.4 is 10.5 Å². The first kappa shape index (κ1) is 14.5. The number of aromatic nitrogens is 2. The maximum Gasteiger partial charge on any atom is 0.276 e. The number of thiazole rings is 1. The SMILES string of the molecule is Cc1nc(NC(=O)c2ccc(F)cn2)sc1S(N)(=O)=O. The Morgan fingerprint density at radius 1 is 1.45 bits per heavy atom. The molecule has 106 valence electrons. The second-order valence-corrected chi connectivity index (χ2v) is 6.51. The summed E-state index contributed by atoms with van der Waals surface area (Å²) < 4.78 is 35.0. The van der Waals surface area contributed by atoms with E-state index in [9.17, 15) is 17.6 Å². The summed E-state index contributed by atoms with van der Waals surface area (Å²) in [6.45, 7) is 1.46. The summed E-state index contributed by atoms with van der Waals surface area (Å²) in [5.74, 6) is -1.19. The van der Waals surface area contributed by atoms with Gasteiger partial charge in [-0.15, -0.1) is 0 Å². The molecule has 0 aliphatic rings. The number of nitrogens with two attached hydrogens (primary N) is 1. The number of nitrogens with one attached hydrogen (secondary N) is 1. The molecule has 0 saturated carbocycles. The van der Waals surface area contributed by atoms with Crippen LogP contribution in [-0.2, 0) is 10.0 Å². The summed E-state index contributed by atoms with van der Waals surface area (Å²) in [6.07, 6.45) is 0.901. The van der Waals surface area contributed by atoms with E-state index in [1.165, 1.54) is 13.0 Å². The lowest BCUT2D eigenvalue weighted by atomic mass is 10.3. The zero-order chi connectivity index (χ0) is 14.9. The monoisotopic (exact) mass is 316 g/mol. The van der Waals surface area contributed by atoms with Crippen LogP contribution in [0.5, 0.6) is 0 Å². The van der Waals surface area contributed by atoms with Gasteiger partial charge in [0.1, 0.15) is 11.5 Å². The predicted molar refractivity (Wildman–Crippen MR) is 70.4 cm³/mol. The average molecular weight is 316 g/mol. The first-order valence-electron chi connectivity index (χ1n) is 5.20. The third kappa shape index (κ3) is 3.15. The number of rotatable bonds is 3. The van der Waals surface area contributed by atoms with E-state index < -0.39 is 21.7 Å². The number of hydrogen-bond donors (Lipinski definition) is 2. The van der Waals surface area contributed by atoms with Crippen molar-refractivity contribution in [3.8, 4) is 0 Å². The van der Waals surface area contributed by atoms with E-state index in [1.54, 1.807) is 0 Å². The third-order valence-corrected chi connectivity index (χ3v) is 4.82. The molecule has 0 bridgehead atoms. The first-order valence-corrected chi connectivity index (χ1v) is 7.57. The molecule has 7 nitrogen and oxygen atoms in total. The molecule has 0 saturated heterocycles. The number of carbonyl (C=O) groups excluding carboxylic acids is 1. The minimum Gasteiger partial charge on any atom is -0.296 e. The second-order valence-electron chi connectivity index (χ2n) is 3.75. The number of halogens is 1. The van der Waals surface area contributed by atoms with Gasteiger partial charge in [-0.3, -0.25) is 10.1 Å². The molecule has 20 heavy (non-hydrogen) atoms. The van der Waals surface area contributed by atoms with Gasteiger partial charge in [0, 0.05) is 0 Å². The summed E-state index contributed by atoms with van der Waals surface area (Å²) >= 11 is 0.735. The molecule has 2 rings (SSSR count). The van der Waals surface area contributed by atoms with Crippen molar-refractivity contribution >= 4 is 32.4 Å². The Morgan fingerprint density at radius 3 is 2.65 bits per heavy atom. The minimum atomic E-state index is -3.88. The Balaban J connectivity index is 2.23. The van der Waals surface area contributed by atoms with Crippen LogP contribution in [0, 0.1) is 12.7 Å². The van der Waals surface area contributed by atoms with Crippen LogP contribution in [0.3, 0.4) is 0 Å². The van der Waals surface area contributed by atoms with Crippen molar-refractivity contribution in [1.29, 1.82) is 0 Å². The fourth-order valence-corrected chi connectivity index (χ4v) is 3.23. The van der Waals surface area contributed by atoms with Crippen LogP contribution in [0.25, 0.3) is 0 Å². The second kappa shape index (κ2) is 5.23. The molecule has 0 spiro atoms. The van der Waals surface area contributed by atoms with Crippen LogP contribution >= 0.6 is 11.3 Å². The van der Waals surface area contributed by atoms with Gasteiger partial charge in [-0.25, -0.2) is 27.9 Å². The third-order valence-electron chi connectivity index (χ3n) is 2.19. The number of carbonyl (C=O) groups is 1. The average Bonchev–Trinajstić information content (AvgIpc) is 2.70. The number of amides is 1. The molecular formula is C10H9FN4O3S2. The van der Waals surface area contributed by atoms with Crippen LogP contribution in [0.1, 0.15) is 16.2 Å². The van der Waals surface area contributed by atoms with Crippen molar-refractivity contribution in [2.45, 2.75) is 11.1 Å². The lowest BCUT2D eigenvalue weighted by Crippen LogP contribution is -2.13. The van der Waals surface area contributed by atoms with Crippen molar-refractivity contribution in [3.05, 3.63) is 35.5 Å². The number of sulfonamides is 1. The maximum atomic E-state index is 12.7. The molecule has 10 heteroatoms. The van der Waals surface area contributed by atoms with Crippen LogP contribution in [0.4, 0.5) is 9.52 Å². The van der Waals surface area contributed by atoms with E-state index in [2.05, 4.69) is 15.3 Å². The van der Waals surface area contributed by atoms with E-state index in [0.29, 0.717) is 0 Å². The number of pyridine rings is 1. The van der Waals surface area contributed by atoms with E-state index >= 15 is 0 Å². The highest BCUT2D eigenvalue weighted by Gasteiger charge is 2.19. The molecule has 3 N–H and O–H groups in total. The van der Waals surface area contributed by atoms with Gasteiger partial charge in [0.15, 0.2) is 9.34 Å². The van der Waals surface area contributed by atoms with E-state index in [-0.39, 0.29) is 20.7 Å². The summed E-state index contributed by atoms with van der Waals surface area (Å²) in [4.78, 5) is 19.3. The van der Waals surface area contributed by atoms with Gasteiger partial charge < -0.3 is 0 Å². The molecule has 0 aliphatic carbocycles. The molecule has 1 amide bonds. The Bertz CT molecular complexity index is 755. The van der Waals surface area contributed by atoms with E-state index in [0.717, 1.165) is 23.6 Å². The number of hydrogen-bond acceptors (Lipinski definition) is 6. The van der Waals surface area contributed by atoms with Gasteiger partial charge in [-0.2, -0.15) is 0 Å². The molecule has 0 fully saturated rings. The lowest BCUT2D eigenvalue weighted by molar-refractivity contribution is 0.102. The topological polar surface area (TPSA) is 115 Å². The molecule has 0 aromatic carbocycles. The Labute approximate surface area is 117 Å². The Morgan fingerprint density at radius 2 is 2.15 bits per heavy atom. The van der Waals surface area contributed by atoms with Crippen molar-refractivity contribution in [1.82, 2.24) is 9.97 Å². The van der Waals surface area contributed by atoms with Gasteiger partial charge in [0.25, 0.3) is 5.91 Å². The minimum absolute atomic E-state index is 0.0172. The van der Waals surface area contributed by atoms with E-state index in [1.807, 2.05) is 0 Å². The van der Waals surface area contributed by atoms with Gasteiger partial charge >= 0.3 is 0 Å². The highest BCUT2D eigenvalue weighted by Crippen LogP contribution is 2.26. The van der Waals surface area contributed by atoms with Crippen LogP contribution in [0.15, 0.2) is 22.5 Å². The van der Waals surface area contributed by atoms with Crippen molar-refractivity contribution in [2.75, 3.05) is 5.32 Å². The van der Waals surface area contributed by atoms with Crippen LogP contribution in [-0.4, -0.2) is 24.3 Å². The predicted octanol–water partition coefficient (Wildman–Crippen LogP) is 0.885. The lowest BCUT2D eigenvalue weighted by Gasteiger charge is -1.99. The van der Waals surface area contributed by atoms with Gasteiger partial charge in [0.05, 0.1) is 11.9 Å². The van der Waals surface area contributed by atoms with Crippen molar-refractivity contribution in [3.63, 3.8) is 0 Å². The highest BCUT2D eigenvalue weighted by atomic mass is 32.2. The number of anilines is 1. The first-order chi connectivity index (χ1) is 9.27. The van der Waals surface area contributed by atoms with Gasteiger partial charge in [0.2, 0.25) is 10.0 Å². The number of primary sulfonamides is 1. The molecular weight excluding hydrogens is 307 g/mol. The van der Waals surface area contributed by atoms with Gasteiger partial charge in [-0.05, 0) is 19.1 Å². The molecule has 0 unspecified atom stereocenters. The van der Waals surface area contributed by atoms with Gasteiger partial charge in [-0.1, -0.05) is 11.3 Å². The summed E-state index contributed by atoms with van der Waals surface area (Å²) in [7, 11) is -3.88. The van der Waals surface area contributed by atoms with Crippen molar-refractivity contribution in [2.24, 2.45) is 5.14 Å². The standard InChI is InChI=1S/C10H9FN4O3S2/c1-5-9(20(12,17)18)19-10(14-5)15-8(16)7-3-2-6(11)4-13-7/h2-4H,1H3,(H2,12,17,18)(H,14,15,16). The largest absolute Gasteiger partial charge is 0.296 e. The zero-order valence-electron chi connectivity index (χ0n) is 10.1. The Kier molecular flexibility index (Phi) is 3.79. The quantitative estimate of drug-likeness (QED) is 0.872. The summed E-state index contributed by atoms with van der Waals surface area (Å²) in [5, 5.41) is 7.45.